The average Bonchev–Trinajstić information content (AvgIpc) is 3.25. The highest BCUT2D eigenvalue weighted by atomic mass is 19.4. The lowest BCUT2D eigenvalue weighted by molar-refractivity contribution is -0.143. The van der Waals surface area contributed by atoms with Gasteiger partial charge in [0.25, 0.3) is 0 Å². The fourth-order valence-electron chi connectivity index (χ4n) is 4.18. The lowest BCUT2D eigenvalue weighted by Gasteiger charge is -2.23. The van der Waals surface area contributed by atoms with E-state index in [0.717, 1.165) is 38.3 Å². The van der Waals surface area contributed by atoms with E-state index in [1.807, 2.05) is 6.07 Å². The summed E-state index contributed by atoms with van der Waals surface area (Å²) in [5.41, 5.74) is 1.36. The maximum atomic E-state index is 12.5. The van der Waals surface area contributed by atoms with Crippen LogP contribution in [-0.2, 0) is 6.42 Å². The number of nitrogens with zero attached hydrogens (tertiary/aromatic N) is 3. The van der Waals surface area contributed by atoms with Gasteiger partial charge >= 0.3 is 6.18 Å². The van der Waals surface area contributed by atoms with Crippen molar-refractivity contribution in [1.82, 2.24) is 15.1 Å². The molecule has 7 heteroatoms. The molecule has 2 saturated heterocycles. The minimum atomic E-state index is -4.11. The van der Waals surface area contributed by atoms with Gasteiger partial charge in [-0.25, -0.2) is 0 Å². The van der Waals surface area contributed by atoms with Gasteiger partial charge in [-0.05, 0) is 43.2 Å². The third-order valence-electron chi connectivity index (χ3n) is 5.49. The second-order valence-electron chi connectivity index (χ2n) is 7.72. The fraction of sp³-hybridized carbons (Fsp3) is 0.650. The Hall–Kier alpha value is -1.76. The molecule has 0 aromatic heterocycles. The number of guanidine groups is 1. The minimum absolute atomic E-state index is 0.242. The quantitative estimate of drug-likeness (QED) is 0.627. The lowest BCUT2D eigenvalue weighted by Crippen LogP contribution is -2.42. The van der Waals surface area contributed by atoms with Crippen molar-refractivity contribution >= 4 is 5.96 Å². The van der Waals surface area contributed by atoms with Crippen LogP contribution in [-0.4, -0.2) is 68.3 Å². The molecule has 1 N–H and O–H groups in total. The van der Waals surface area contributed by atoms with Crippen LogP contribution >= 0.6 is 0 Å². The second kappa shape index (κ2) is 8.95. The van der Waals surface area contributed by atoms with Crippen LogP contribution in [0.1, 0.15) is 18.4 Å². The zero-order valence-corrected chi connectivity index (χ0v) is 15.9. The third-order valence-corrected chi connectivity index (χ3v) is 5.49. The van der Waals surface area contributed by atoms with Gasteiger partial charge in [-0.3, -0.25) is 9.89 Å². The molecule has 2 aliphatic heterocycles. The Bertz CT molecular complexity index is 617. The van der Waals surface area contributed by atoms with Crippen LogP contribution < -0.4 is 5.32 Å². The molecule has 3 rings (SSSR count). The Morgan fingerprint density at radius 2 is 1.85 bits per heavy atom. The molecule has 0 aliphatic carbocycles. The summed E-state index contributed by atoms with van der Waals surface area (Å²) in [6, 6.07) is 10.5. The predicted octanol–water partition coefficient (Wildman–Crippen LogP) is 3.01. The van der Waals surface area contributed by atoms with Gasteiger partial charge in [0.1, 0.15) is 0 Å². The Kier molecular flexibility index (Phi) is 6.63. The van der Waals surface area contributed by atoms with Crippen molar-refractivity contribution in [1.29, 1.82) is 0 Å². The van der Waals surface area contributed by atoms with Gasteiger partial charge in [-0.1, -0.05) is 30.3 Å². The molecule has 0 spiro atoms. The number of nitrogens with one attached hydrogen (secondary N) is 1. The Morgan fingerprint density at radius 3 is 2.56 bits per heavy atom. The van der Waals surface area contributed by atoms with E-state index in [0.29, 0.717) is 25.6 Å². The van der Waals surface area contributed by atoms with Crippen LogP contribution in [0.25, 0.3) is 0 Å². The van der Waals surface area contributed by atoms with Gasteiger partial charge < -0.3 is 10.2 Å². The summed E-state index contributed by atoms with van der Waals surface area (Å²) in [6.45, 7) is 2.85. The number of hydrogen-bond donors (Lipinski definition) is 1. The SMILES string of the molecule is CN=C(NCC1CCN(CC(F)(F)F)C1)N1CCC(Cc2ccccc2)C1. The molecular formula is C20H29F3N4. The maximum Gasteiger partial charge on any atom is 0.401 e. The Morgan fingerprint density at radius 1 is 1.11 bits per heavy atom. The Labute approximate surface area is 159 Å². The van der Waals surface area contributed by atoms with Crippen LogP contribution in [0.2, 0.25) is 0 Å². The summed E-state index contributed by atoms with van der Waals surface area (Å²) in [5.74, 6) is 1.73. The van der Waals surface area contributed by atoms with Crippen molar-refractivity contribution in [2.45, 2.75) is 25.4 Å². The molecule has 1 aromatic carbocycles. The summed E-state index contributed by atoms with van der Waals surface area (Å²) < 4.78 is 37.6. The molecule has 2 fully saturated rings. The second-order valence-corrected chi connectivity index (χ2v) is 7.72. The van der Waals surface area contributed by atoms with E-state index in [1.54, 1.807) is 7.05 Å². The van der Waals surface area contributed by atoms with E-state index in [1.165, 1.54) is 10.5 Å². The molecule has 1 aromatic rings. The van der Waals surface area contributed by atoms with E-state index in [-0.39, 0.29) is 5.92 Å². The van der Waals surface area contributed by atoms with Gasteiger partial charge in [0.2, 0.25) is 0 Å². The third kappa shape index (κ3) is 6.13. The summed E-state index contributed by atoms with van der Waals surface area (Å²) in [7, 11) is 1.78. The van der Waals surface area contributed by atoms with Gasteiger partial charge in [0.05, 0.1) is 6.54 Å². The van der Waals surface area contributed by atoms with E-state index < -0.39 is 12.7 Å². The predicted molar refractivity (Wildman–Crippen MR) is 102 cm³/mol. The van der Waals surface area contributed by atoms with E-state index in [9.17, 15) is 13.2 Å². The first-order valence-corrected chi connectivity index (χ1v) is 9.71. The van der Waals surface area contributed by atoms with Crippen molar-refractivity contribution in [2.24, 2.45) is 16.8 Å². The van der Waals surface area contributed by atoms with E-state index in [4.69, 9.17) is 0 Å². The highest BCUT2D eigenvalue weighted by molar-refractivity contribution is 5.80. The Balaban J connectivity index is 1.42. The van der Waals surface area contributed by atoms with Crippen LogP contribution in [0.4, 0.5) is 13.2 Å². The van der Waals surface area contributed by atoms with Crippen molar-refractivity contribution in [3.8, 4) is 0 Å². The van der Waals surface area contributed by atoms with Crippen molar-refractivity contribution in [3.63, 3.8) is 0 Å². The van der Waals surface area contributed by atoms with Crippen molar-refractivity contribution < 1.29 is 13.2 Å². The number of alkyl halides is 3. The molecule has 0 bridgehead atoms. The number of halogens is 3. The lowest BCUT2D eigenvalue weighted by atomic mass is 9.99. The number of likely N-dealkylation sites (tertiary alicyclic amines) is 2. The zero-order chi connectivity index (χ0) is 19.3. The molecule has 4 nitrogen and oxygen atoms in total. The van der Waals surface area contributed by atoms with Crippen molar-refractivity contribution in [3.05, 3.63) is 35.9 Å². The summed E-state index contributed by atoms with van der Waals surface area (Å²) in [6.07, 6.45) is -1.10. The number of hydrogen-bond acceptors (Lipinski definition) is 2. The van der Waals surface area contributed by atoms with Gasteiger partial charge in [0, 0.05) is 33.2 Å². The molecule has 2 heterocycles. The normalized spacial score (nSPS) is 24.6. The molecular weight excluding hydrogens is 353 g/mol. The fourth-order valence-corrected chi connectivity index (χ4v) is 4.18. The molecule has 150 valence electrons. The molecule has 2 unspecified atom stereocenters. The van der Waals surface area contributed by atoms with E-state index >= 15 is 0 Å². The van der Waals surface area contributed by atoms with Crippen LogP contribution in [0, 0.1) is 11.8 Å². The number of benzene rings is 1. The van der Waals surface area contributed by atoms with Gasteiger partial charge in [-0.15, -0.1) is 0 Å². The average molecular weight is 382 g/mol. The first-order chi connectivity index (χ1) is 12.9. The van der Waals surface area contributed by atoms with Crippen LogP contribution in [0.15, 0.2) is 35.3 Å². The first kappa shape index (κ1) is 20.0. The topological polar surface area (TPSA) is 30.9 Å². The summed E-state index contributed by atoms with van der Waals surface area (Å²) in [5, 5.41) is 3.39. The standard InChI is InChI=1S/C20H29F3N4/c1-24-19(25-12-18-7-9-26(13-18)15-20(21,22)23)27-10-8-17(14-27)11-16-5-3-2-4-6-16/h2-6,17-18H,7-15H2,1H3,(H,24,25). The van der Waals surface area contributed by atoms with Crippen LogP contribution in [0.5, 0.6) is 0 Å². The van der Waals surface area contributed by atoms with Gasteiger partial charge in [0.15, 0.2) is 5.96 Å². The van der Waals surface area contributed by atoms with Crippen molar-refractivity contribution in [2.75, 3.05) is 46.3 Å². The minimum Gasteiger partial charge on any atom is -0.356 e. The van der Waals surface area contributed by atoms with Crippen LogP contribution in [0.3, 0.4) is 0 Å². The maximum absolute atomic E-state index is 12.5. The molecule has 0 amide bonds. The largest absolute Gasteiger partial charge is 0.401 e. The molecule has 27 heavy (non-hydrogen) atoms. The molecule has 2 aliphatic rings. The molecule has 2 atom stereocenters. The monoisotopic (exact) mass is 382 g/mol. The first-order valence-electron chi connectivity index (χ1n) is 9.71. The number of rotatable bonds is 5. The smallest absolute Gasteiger partial charge is 0.356 e. The highest BCUT2D eigenvalue weighted by Gasteiger charge is 2.34. The number of aliphatic imine (C=N–C) groups is 1. The molecule has 0 radical (unpaired) electrons. The summed E-state index contributed by atoms with van der Waals surface area (Å²) in [4.78, 5) is 8.16. The highest BCUT2D eigenvalue weighted by Crippen LogP contribution is 2.23. The molecule has 0 saturated carbocycles. The van der Waals surface area contributed by atoms with E-state index in [2.05, 4.69) is 39.5 Å². The zero-order valence-electron chi connectivity index (χ0n) is 15.9. The summed E-state index contributed by atoms with van der Waals surface area (Å²) >= 11 is 0. The van der Waals surface area contributed by atoms with Gasteiger partial charge in [-0.2, -0.15) is 13.2 Å².